The van der Waals surface area contributed by atoms with Gasteiger partial charge in [-0.1, -0.05) is 191 Å². The summed E-state index contributed by atoms with van der Waals surface area (Å²) in [6.45, 7) is 4.57. The Kier molecular flexibility index (Phi) is 28.0. The zero-order valence-electron chi connectivity index (χ0n) is 27.7. The highest BCUT2D eigenvalue weighted by Crippen LogP contribution is 2.13. The topological polar surface area (TPSA) is 0 Å². The lowest BCUT2D eigenvalue weighted by Gasteiger charge is -2.01. The van der Waals surface area contributed by atoms with Gasteiger partial charge in [0.2, 0.25) is 0 Å². The summed E-state index contributed by atoms with van der Waals surface area (Å²) in [5.41, 5.74) is 1.87. The fourth-order valence-electron chi connectivity index (χ4n) is 5.22. The van der Waals surface area contributed by atoms with E-state index >= 15 is 0 Å². The second-order valence-electron chi connectivity index (χ2n) is 11.9. The monoisotopic (exact) mass is 566 g/mol. The van der Waals surface area contributed by atoms with Crippen molar-refractivity contribution in [1.82, 2.24) is 0 Å². The molecule has 0 N–H and O–H groups in total. The molecule has 0 spiro atoms. The maximum atomic E-state index is 3.23. The molecule has 0 heterocycles. The van der Waals surface area contributed by atoms with Crippen LogP contribution in [-0.2, 0) is 0 Å². The van der Waals surface area contributed by atoms with Crippen LogP contribution >= 0.6 is 0 Å². The van der Waals surface area contributed by atoms with E-state index in [1.54, 1.807) is 0 Å². The van der Waals surface area contributed by atoms with Crippen molar-refractivity contribution < 1.29 is 0 Å². The molecule has 0 amide bonds. The molecule has 230 valence electrons. The molecule has 1 aromatic rings. The Morgan fingerprint density at radius 1 is 0.357 bits per heavy atom. The van der Waals surface area contributed by atoms with E-state index in [0.717, 1.165) is 24.0 Å². The van der Waals surface area contributed by atoms with Gasteiger partial charge in [-0.3, -0.25) is 0 Å². The van der Waals surface area contributed by atoms with E-state index in [-0.39, 0.29) is 0 Å². The lowest BCUT2D eigenvalue weighted by molar-refractivity contribution is 0.545. The third kappa shape index (κ3) is 25.2. The fourth-order valence-corrected chi connectivity index (χ4v) is 5.22. The molecule has 42 heavy (non-hydrogen) atoms. The molecule has 0 fully saturated rings. The maximum absolute atomic E-state index is 3.23. The summed E-state index contributed by atoms with van der Waals surface area (Å²) >= 11 is 0. The zero-order chi connectivity index (χ0) is 30.0. The number of rotatable bonds is 24. The average molecular weight is 567 g/mol. The normalized spacial score (nSPS) is 9.95. The van der Waals surface area contributed by atoms with Gasteiger partial charge in [0.1, 0.15) is 0 Å². The molecule has 0 radical (unpaired) electrons. The second-order valence-corrected chi connectivity index (χ2v) is 11.9. The molecule has 0 aromatic heterocycles. The Balaban J connectivity index is 2.13. The van der Waals surface area contributed by atoms with E-state index in [0.29, 0.717) is 0 Å². The van der Waals surface area contributed by atoms with Crippen molar-refractivity contribution in [3.8, 4) is 47.4 Å². The number of unbranched alkanes of at least 4 members (excludes halogenated alkanes) is 24. The molecular formula is C42H62. The Morgan fingerprint density at radius 3 is 0.952 bits per heavy atom. The van der Waals surface area contributed by atoms with Crippen LogP contribution in [0, 0.1) is 47.4 Å². The molecular weight excluding hydrogens is 504 g/mol. The lowest BCUT2D eigenvalue weighted by atomic mass is 10.0. The number of hydrogen-bond donors (Lipinski definition) is 0. The van der Waals surface area contributed by atoms with E-state index in [9.17, 15) is 0 Å². The molecule has 0 unspecified atom stereocenters. The van der Waals surface area contributed by atoms with E-state index < -0.39 is 0 Å². The minimum Gasteiger partial charge on any atom is -0.0891 e. The minimum atomic E-state index is 0.937. The van der Waals surface area contributed by atoms with Crippen molar-refractivity contribution in [2.45, 2.75) is 181 Å². The standard InChI is InChI=1S/C42H62/c1-3-5-7-9-11-13-15-17-19-21-23-25-27-29-31-33-37-41-39-35-36-40-42(41)38-34-32-30-28-26-24-22-20-18-16-14-12-10-8-6-4-2/h35-36,39-40H,3-28H2,1-2H3. The van der Waals surface area contributed by atoms with Crippen molar-refractivity contribution in [2.75, 3.05) is 0 Å². The Hall–Kier alpha value is -2.54. The highest BCUT2D eigenvalue weighted by molar-refractivity contribution is 5.53. The van der Waals surface area contributed by atoms with Gasteiger partial charge in [0.25, 0.3) is 0 Å². The first-order valence-electron chi connectivity index (χ1n) is 17.9. The molecule has 0 heteroatoms. The number of hydrogen-bond acceptors (Lipinski definition) is 0. The molecule has 0 saturated heterocycles. The quantitative estimate of drug-likeness (QED) is 0.0862. The van der Waals surface area contributed by atoms with Gasteiger partial charge in [0.05, 0.1) is 0 Å². The van der Waals surface area contributed by atoms with Crippen LogP contribution in [0.1, 0.15) is 192 Å². The highest BCUT2D eigenvalue weighted by Gasteiger charge is 1.95. The summed E-state index contributed by atoms with van der Waals surface area (Å²) in [5.74, 6) is 25.0. The van der Waals surface area contributed by atoms with Crippen LogP contribution in [0.5, 0.6) is 0 Å². The zero-order valence-corrected chi connectivity index (χ0v) is 27.7. The Bertz CT molecular complexity index is 914. The fraction of sp³-hybridized carbons (Fsp3) is 0.667. The van der Waals surface area contributed by atoms with E-state index in [4.69, 9.17) is 0 Å². The molecule has 1 rings (SSSR count). The summed E-state index contributed by atoms with van der Waals surface area (Å²) in [6.07, 6.45) is 34.9. The third-order valence-electron chi connectivity index (χ3n) is 7.93. The Morgan fingerprint density at radius 2 is 0.643 bits per heavy atom. The van der Waals surface area contributed by atoms with E-state index in [2.05, 4.69) is 61.2 Å². The van der Waals surface area contributed by atoms with Gasteiger partial charge >= 0.3 is 0 Å². The molecule has 0 bridgehead atoms. The average Bonchev–Trinajstić information content (AvgIpc) is 3.01. The molecule has 1 aromatic carbocycles. The Labute approximate surface area is 263 Å². The van der Waals surface area contributed by atoms with E-state index in [1.807, 2.05) is 24.3 Å². The first-order chi connectivity index (χ1) is 20.9. The predicted molar refractivity (Wildman–Crippen MR) is 187 cm³/mol. The van der Waals surface area contributed by atoms with Crippen LogP contribution in [0.2, 0.25) is 0 Å². The summed E-state index contributed by atoms with van der Waals surface area (Å²) in [5, 5.41) is 0. The van der Waals surface area contributed by atoms with Gasteiger partial charge in [-0.25, -0.2) is 0 Å². The summed E-state index contributed by atoms with van der Waals surface area (Å²) in [6, 6.07) is 8.05. The molecule has 0 nitrogen and oxygen atoms in total. The van der Waals surface area contributed by atoms with Crippen LogP contribution < -0.4 is 0 Å². The van der Waals surface area contributed by atoms with Crippen molar-refractivity contribution in [1.29, 1.82) is 0 Å². The largest absolute Gasteiger partial charge is 0.0891 e. The first kappa shape index (κ1) is 37.5. The molecule has 0 aliphatic carbocycles. The van der Waals surface area contributed by atoms with Crippen molar-refractivity contribution in [3.63, 3.8) is 0 Å². The summed E-state index contributed by atoms with van der Waals surface area (Å²) < 4.78 is 0. The molecule has 0 saturated carbocycles. The van der Waals surface area contributed by atoms with Crippen LogP contribution in [-0.4, -0.2) is 0 Å². The van der Waals surface area contributed by atoms with Crippen LogP contribution in [0.4, 0.5) is 0 Å². The van der Waals surface area contributed by atoms with E-state index in [1.165, 1.54) is 154 Å². The van der Waals surface area contributed by atoms with Crippen LogP contribution in [0.15, 0.2) is 24.3 Å². The molecule has 0 aliphatic rings. The number of benzene rings is 1. The molecule has 0 atom stereocenters. The third-order valence-corrected chi connectivity index (χ3v) is 7.93. The maximum Gasteiger partial charge on any atom is 0.0412 e. The van der Waals surface area contributed by atoms with Gasteiger partial charge in [0, 0.05) is 24.0 Å². The van der Waals surface area contributed by atoms with Crippen molar-refractivity contribution in [3.05, 3.63) is 35.4 Å². The summed E-state index contributed by atoms with van der Waals surface area (Å²) in [7, 11) is 0. The summed E-state index contributed by atoms with van der Waals surface area (Å²) in [4.78, 5) is 0. The first-order valence-corrected chi connectivity index (χ1v) is 17.9. The smallest absolute Gasteiger partial charge is 0.0412 e. The lowest BCUT2D eigenvalue weighted by Crippen LogP contribution is -1.82. The van der Waals surface area contributed by atoms with Gasteiger partial charge < -0.3 is 0 Å². The van der Waals surface area contributed by atoms with Crippen molar-refractivity contribution in [2.24, 2.45) is 0 Å². The molecule has 0 aliphatic heterocycles. The van der Waals surface area contributed by atoms with Crippen LogP contribution in [0.3, 0.4) is 0 Å². The second kappa shape index (κ2) is 31.4. The van der Waals surface area contributed by atoms with Crippen molar-refractivity contribution >= 4 is 0 Å². The van der Waals surface area contributed by atoms with Crippen LogP contribution in [0.25, 0.3) is 0 Å². The predicted octanol–water partition coefficient (Wildman–Crippen LogP) is 12.6. The van der Waals surface area contributed by atoms with Gasteiger partial charge in [0.15, 0.2) is 0 Å². The van der Waals surface area contributed by atoms with Gasteiger partial charge in [-0.2, -0.15) is 0 Å². The minimum absolute atomic E-state index is 0.937. The highest BCUT2D eigenvalue weighted by atomic mass is 14.0. The SMILES string of the molecule is CCCCCCCCCCCCCCC#CC#Cc1ccccc1C#CC#CCCCCCCCCCCCCCC. The van der Waals surface area contributed by atoms with Gasteiger partial charge in [-0.05, 0) is 48.7 Å². The van der Waals surface area contributed by atoms with Gasteiger partial charge in [-0.15, -0.1) is 0 Å².